The maximum Gasteiger partial charge on any atom is 0.315 e. The van der Waals surface area contributed by atoms with Gasteiger partial charge in [0.15, 0.2) is 5.82 Å². The van der Waals surface area contributed by atoms with Gasteiger partial charge in [0.2, 0.25) is 5.65 Å². The summed E-state index contributed by atoms with van der Waals surface area (Å²) in [6.45, 7) is 2.45. The largest absolute Gasteiger partial charge is 0.377 e. The fraction of sp³-hybridized carbons (Fsp3) is 0.0769. The molecule has 0 fully saturated rings. The zero-order chi connectivity index (χ0) is 22.8. The molecule has 5 aromatic rings. The maximum atomic E-state index is 13.2. The minimum atomic E-state index is -0.596. The third-order valence-electron chi connectivity index (χ3n) is 5.45. The second-order valence-electron chi connectivity index (χ2n) is 7.72. The van der Waals surface area contributed by atoms with Crippen molar-refractivity contribution in [2.75, 3.05) is 10.6 Å². The van der Waals surface area contributed by atoms with Gasteiger partial charge in [-0.3, -0.25) is 14.0 Å². The second kappa shape index (κ2) is 8.55. The number of aromatic nitrogens is 3. The van der Waals surface area contributed by atoms with Crippen LogP contribution in [0.2, 0.25) is 0 Å². The number of hydrogen-bond acceptors (Lipinski definition) is 6. The first-order chi connectivity index (χ1) is 16.1. The smallest absolute Gasteiger partial charge is 0.315 e. The summed E-state index contributed by atoms with van der Waals surface area (Å²) in [4.78, 5) is 35.1. The van der Waals surface area contributed by atoms with E-state index in [-0.39, 0.29) is 11.2 Å². The first kappa shape index (κ1) is 20.4. The molecule has 0 saturated carbocycles. The number of fused-ring (bicyclic) bond motifs is 2. The third-order valence-corrected chi connectivity index (χ3v) is 5.45. The van der Waals surface area contributed by atoms with Crippen LogP contribution in [0.4, 0.5) is 17.2 Å². The molecule has 0 amide bonds. The highest BCUT2D eigenvalue weighted by molar-refractivity contribution is 5.80. The molecular weight excluding hydrogens is 414 g/mol. The summed E-state index contributed by atoms with van der Waals surface area (Å²) in [6.07, 6.45) is 1.59. The Hall–Kier alpha value is -4.52. The third kappa shape index (κ3) is 4.04. The van der Waals surface area contributed by atoms with Gasteiger partial charge in [-0.1, -0.05) is 60.7 Å². The molecule has 162 valence electrons. The standard InChI is InChI=1S/C26H21N5O2/c1-17-9-5-7-13-20(17)28-23-22(27-15-18-10-3-2-4-11-18)16-31-24(25(32)30-23)29-21-14-8-6-12-19(21)26(31)33/h2-14,16,27H,15H2,1H3,(H,28,30,32). The molecular formula is C26H21N5O2. The molecule has 0 atom stereocenters. The lowest BCUT2D eigenvalue weighted by Crippen LogP contribution is -2.19. The Balaban J connectivity index is 1.73. The molecule has 0 saturated heterocycles. The summed E-state index contributed by atoms with van der Waals surface area (Å²) in [5, 5.41) is 7.02. The Bertz CT molecular complexity index is 1600. The molecule has 0 spiro atoms. The highest BCUT2D eigenvalue weighted by Crippen LogP contribution is 2.24. The number of rotatable bonds is 5. The van der Waals surface area contributed by atoms with E-state index in [4.69, 9.17) is 0 Å². The van der Waals surface area contributed by atoms with E-state index in [2.05, 4.69) is 20.6 Å². The molecule has 5 rings (SSSR count). The van der Waals surface area contributed by atoms with Crippen molar-refractivity contribution in [1.82, 2.24) is 14.4 Å². The molecule has 0 radical (unpaired) electrons. The summed E-state index contributed by atoms with van der Waals surface area (Å²) in [5.41, 5.74) is 2.88. The Morgan fingerprint density at radius 2 is 1.55 bits per heavy atom. The van der Waals surface area contributed by atoms with Crippen LogP contribution < -0.4 is 21.8 Å². The number of para-hydroxylation sites is 2. The molecule has 0 aliphatic rings. The highest BCUT2D eigenvalue weighted by Gasteiger charge is 2.13. The van der Waals surface area contributed by atoms with Gasteiger partial charge in [0.25, 0.3) is 5.56 Å². The van der Waals surface area contributed by atoms with Crippen LogP contribution in [0.15, 0.2) is 94.6 Å². The highest BCUT2D eigenvalue weighted by atomic mass is 16.1. The summed E-state index contributed by atoms with van der Waals surface area (Å²) in [7, 11) is 0. The quantitative estimate of drug-likeness (QED) is 0.429. The molecule has 2 heterocycles. The number of benzene rings is 3. The molecule has 2 N–H and O–H groups in total. The fourth-order valence-corrected chi connectivity index (χ4v) is 3.68. The van der Waals surface area contributed by atoms with Crippen LogP contribution in [0, 0.1) is 6.92 Å². The van der Waals surface area contributed by atoms with E-state index in [0.29, 0.717) is 29.0 Å². The summed E-state index contributed by atoms with van der Waals surface area (Å²) in [6, 6.07) is 24.6. The Morgan fingerprint density at radius 3 is 2.36 bits per heavy atom. The molecule has 0 bridgehead atoms. The van der Waals surface area contributed by atoms with Crippen molar-refractivity contribution in [2.24, 2.45) is 0 Å². The summed E-state index contributed by atoms with van der Waals surface area (Å²) in [5.74, 6) is 0.319. The Kier molecular flexibility index (Phi) is 5.28. The Morgan fingerprint density at radius 1 is 0.818 bits per heavy atom. The van der Waals surface area contributed by atoms with Gasteiger partial charge >= 0.3 is 5.56 Å². The number of aryl methyl sites for hydroxylation is 1. The molecule has 7 heteroatoms. The molecule has 33 heavy (non-hydrogen) atoms. The van der Waals surface area contributed by atoms with Crippen LogP contribution >= 0.6 is 0 Å². The average molecular weight is 435 g/mol. The zero-order valence-corrected chi connectivity index (χ0v) is 17.9. The molecule has 0 aliphatic heterocycles. The molecule has 0 aliphatic carbocycles. The number of nitrogens with zero attached hydrogens (tertiary/aromatic N) is 3. The van der Waals surface area contributed by atoms with Gasteiger partial charge in [-0.2, -0.15) is 4.98 Å². The van der Waals surface area contributed by atoms with Gasteiger partial charge < -0.3 is 10.6 Å². The van der Waals surface area contributed by atoms with Gasteiger partial charge in [-0.05, 0) is 36.2 Å². The van der Waals surface area contributed by atoms with Gasteiger partial charge in [-0.15, -0.1) is 0 Å². The van der Waals surface area contributed by atoms with E-state index in [9.17, 15) is 9.59 Å². The van der Waals surface area contributed by atoms with Crippen LogP contribution in [-0.4, -0.2) is 14.4 Å². The minimum absolute atomic E-state index is 0.0284. The number of nitrogens with one attached hydrogen (secondary N) is 2. The topological polar surface area (TPSA) is 88.4 Å². The fourth-order valence-electron chi connectivity index (χ4n) is 3.68. The van der Waals surface area contributed by atoms with Crippen molar-refractivity contribution in [3.8, 4) is 0 Å². The van der Waals surface area contributed by atoms with E-state index in [0.717, 1.165) is 16.8 Å². The van der Waals surface area contributed by atoms with Crippen molar-refractivity contribution in [3.63, 3.8) is 0 Å². The zero-order valence-electron chi connectivity index (χ0n) is 17.9. The SMILES string of the molecule is Cc1ccccc1Nc1nc(=O)c2nc3ccccc3c(=O)n2cc1NCc1ccccc1. The van der Waals surface area contributed by atoms with E-state index in [1.165, 1.54) is 4.40 Å². The van der Waals surface area contributed by atoms with Gasteiger partial charge in [0.05, 0.1) is 16.6 Å². The van der Waals surface area contributed by atoms with E-state index < -0.39 is 5.56 Å². The van der Waals surface area contributed by atoms with E-state index in [1.807, 2.05) is 61.5 Å². The predicted molar refractivity (Wildman–Crippen MR) is 131 cm³/mol. The first-order valence-electron chi connectivity index (χ1n) is 10.6. The van der Waals surface area contributed by atoms with Crippen LogP contribution in [0.5, 0.6) is 0 Å². The van der Waals surface area contributed by atoms with Gasteiger partial charge in [0, 0.05) is 18.4 Å². The minimum Gasteiger partial charge on any atom is -0.377 e. The second-order valence-corrected chi connectivity index (χ2v) is 7.72. The maximum absolute atomic E-state index is 13.2. The molecule has 2 aromatic heterocycles. The summed E-state index contributed by atoms with van der Waals surface area (Å²) >= 11 is 0. The molecule has 0 unspecified atom stereocenters. The van der Waals surface area contributed by atoms with Gasteiger partial charge in [0.1, 0.15) is 0 Å². The van der Waals surface area contributed by atoms with E-state index >= 15 is 0 Å². The van der Waals surface area contributed by atoms with E-state index in [1.54, 1.807) is 30.5 Å². The monoisotopic (exact) mass is 435 g/mol. The van der Waals surface area contributed by atoms with Crippen molar-refractivity contribution < 1.29 is 0 Å². The average Bonchev–Trinajstić information content (AvgIpc) is 2.97. The predicted octanol–water partition coefficient (Wildman–Crippen LogP) is 4.27. The lowest BCUT2D eigenvalue weighted by Gasteiger charge is -2.12. The van der Waals surface area contributed by atoms with Crippen LogP contribution in [0.3, 0.4) is 0 Å². The Labute approximate surface area is 189 Å². The van der Waals surface area contributed by atoms with Crippen molar-refractivity contribution in [3.05, 3.63) is 117 Å². The lowest BCUT2D eigenvalue weighted by molar-refractivity contribution is 1.07. The van der Waals surface area contributed by atoms with Crippen LogP contribution in [0.1, 0.15) is 11.1 Å². The molecule has 3 aromatic carbocycles. The lowest BCUT2D eigenvalue weighted by atomic mass is 10.2. The first-order valence-corrected chi connectivity index (χ1v) is 10.6. The number of hydrogen-bond donors (Lipinski definition) is 2. The van der Waals surface area contributed by atoms with Crippen LogP contribution in [-0.2, 0) is 6.54 Å². The number of anilines is 3. The van der Waals surface area contributed by atoms with Crippen LogP contribution in [0.25, 0.3) is 16.6 Å². The van der Waals surface area contributed by atoms with Gasteiger partial charge in [-0.25, -0.2) is 4.98 Å². The van der Waals surface area contributed by atoms with Crippen molar-refractivity contribution >= 4 is 33.7 Å². The van der Waals surface area contributed by atoms with Crippen molar-refractivity contribution in [1.29, 1.82) is 0 Å². The normalized spacial score (nSPS) is 10.9. The summed E-state index contributed by atoms with van der Waals surface area (Å²) < 4.78 is 1.27. The molecule has 7 nitrogen and oxygen atoms in total. The van der Waals surface area contributed by atoms with Crippen molar-refractivity contribution in [2.45, 2.75) is 13.5 Å².